The maximum absolute atomic E-state index is 13.2. The lowest BCUT2D eigenvalue weighted by Gasteiger charge is -2.11. The lowest BCUT2D eigenvalue weighted by molar-refractivity contribution is -0.138. The van der Waals surface area contributed by atoms with Crippen LogP contribution in [0.25, 0.3) is 33.8 Å². The van der Waals surface area contributed by atoms with Crippen LogP contribution in [0, 0.1) is 0 Å². The third kappa shape index (κ3) is 4.09. The molecule has 156 valence electrons. The van der Waals surface area contributed by atoms with E-state index in [9.17, 15) is 26.3 Å². The van der Waals surface area contributed by atoms with Crippen molar-refractivity contribution < 1.29 is 26.3 Å². The van der Waals surface area contributed by atoms with Crippen LogP contribution in [0.4, 0.5) is 26.3 Å². The molecule has 4 aromatic rings. The maximum atomic E-state index is 13.2. The van der Waals surface area contributed by atoms with Gasteiger partial charge in [0.2, 0.25) is 0 Å². The van der Waals surface area contributed by atoms with E-state index in [0.717, 1.165) is 18.2 Å². The lowest BCUT2D eigenvalue weighted by atomic mass is 10.1. The summed E-state index contributed by atoms with van der Waals surface area (Å²) >= 11 is 0. The fourth-order valence-corrected chi connectivity index (χ4v) is 2.85. The number of rotatable bonds is 2. The summed E-state index contributed by atoms with van der Waals surface area (Å²) < 4.78 is 78.0. The minimum Gasteiger partial charge on any atom is -0.337 e. The highest BCUT2D eigenvalue weighted by Crippen LogP contribution is 2.36. The molecule has 3 aromatic heterocycles. The van der Waals surface area contributed by atoms with Gasteiger partial charge in [-0.15, -0.1) is 12.4 Å². The molecular weight excluding hydrogens is 434 g/mol. The second-order valence-electron chi connectivity index (χ2n) is 6.14. The number of nitrogens with one attached hydrogen (secondary N) is 1. The Kier molecular flexibility index (Phi) is 5.46. The number of benzene rings is 1. The van der Waals surface area contributed by atoms with Crippen molar-refractivity contribution in [2.45, 2.75) is 12.4 Å². The Balaban J connectivity index is 0.00000256. The number of fused-ring (bicyclic) bond motifs is 1. The number of hydrogen-bond acceptors (Lipinski definition) is 3. The Morgan fingerprint density at radius 3 is 2.23 bits per heavy atom. The average Bonchev–Trinajstić information content (AvgIpc) is 3.10. The molecule has 4 nitrogen and oxygen atoms in total. The van der Waals surface area contributed by atoms with Crippen LogP contribution in [0.5, 0.6) is 0 Å². The summed E-state index contributed by atoms with van der Waals surface area (Å²) in [4.78, 5) is 14.8. The number of hydrogen-bond donors (Lipinski definition) is 1. The van der Waals surface area contributed by atoms with E-state index in [-0.39, 0.29) is 40.7 Å². The van der Waals surface area contributed by atoms with Crippen molar-refractivity contribution in [3.05, 3.63) is 66.0 Å². The van der Waals surface area contributed by atoms with Crippen molar-refractivity contribution in [2.24, 2.45) is 0 Å². The predicted octanol–water partition coefficient (Wildman–Crippen LogP) is 6.15. The summed E-state index contributed by atoms with van der Waals surface area (Å²) in [5.41, 5.74) is -1.08. The van der Waals surface area contributed by atoms with Gasteiger partial charge in [0.1, 0.15) is 5.69 Å². The first kappa shape index (κ1) is 21.6. The normalized spacial score (nSPS) is 12.1. The fraction of sp³-hybridized carbons (Fsp3) is 0.105. The summed E-state index contributed by atoms with van der Waals surface area (Å²) in [5, 5.41) is 0. The van der Waals surface area contributed by atoms with E-state index in [2.05, 4.69) is 19.9 Å². The number of H-pyrrole nitrogens is 1. The zero-order valence-corrected chi connectivity index (χ0v) is 15.5. The monoisotopic (exact) mass is 444 g/mol. The maximum Gasteiger partial charge on any atom is 0.418 e. The van der Waals surface area contributed by atoms with E-state index in [1.54, 1.807) is 0 Å². The minimum atomic E-state index is -4.57. The molecule has 0 unspecified atom stereocenters. The highest BCUT2D eigenvalue weighted by Gasteiger charge is 2.34. The van der Waals surface area contributed by atoms with Gasteiger partial charge in [-0.05, 0) is 42.5 Å². The van der Waals surface area contributed by atoms with Crippen LogP contribution in [-0.2, 0) is 12.4 Å². The quantitative estimate of drug-likeness (QED) is 0.377. The number of alkyl halides is 6. The van der Waals surface area contributed by atoms with Crippen LogP contribution in [0.1, 0.15) is 11.1 Å². The Morgan fingerprint density at radius 1 is 0.833 bits per heavy atom. The van der Waals surface area contributed by atoms with Crippen molar-refractivity contribution in [3.8, 4) is 22.8 Å². The number of pyridine rings is 2. The Bertz CT molecular complexity index is 1180. The summed E-state index contributed by atoms with van der Waals surface area (Å²) in [6.45, 7) is 0. The topological polar surface area (TPSA) is 54.5 Å². The molecule has 0 aliphatic carbocycles. The zero-order chi connectivity index (χ0) is 20.8. The first-order chi connectivity index (χ1) is 13.6. The molecule has 0 amide bonds. The van der Waals surface area contributed by atoms with Crippen molar-refractivity contribution in [2.75, 3.05) is 0 Å². The van der Waals surface area contributed by atoms with E-state index in [1.165, 1.54) is 36.7 Å². The number of halogens is 7. The Labute approximate surface area is 171 Å². The van der Waals surface area contributed by atoms with Gasteiger partial charge in [0, 0.05) is 18.0 Å². The average molecular weight is 445 g/mol. The van der Waals surface area contributed by atoms with Crippen LogP contribution in [0.2, 0.25) is 0 Å². The number of aromatic nitrogens is 4. The molecule has 1 N–H and O–H groups in total. The van der Waals surface area contributed by atoms with Crippen LogP contribution in [-0.4, -0.2) is 19.9 Å². The molecule has 30 heavy (non-hydrogen) atoms. The highest BCUT2D eigenvalue weighted by atomic mass is 35.5. The molecule has 0 aliphatic rings. The largest absolute Gasteiger partial charge is 0.418 e. The molecule has 11 heteroatoms. The second kappa shape index (κ2) is 7.60. The molecule has 0 bridgehead atoms. The van der Waals surface area contributed by atoms with Crippen molar-refractivity contribution in [1.82, 2.24) is 19.9 Å². The van der Waals surface area contributed by atoms with Gasteiger partial charge >= 0.3 is 12.4 Å². The van der Waals surface area contributed by atoms with E-state index < -0.39 is 23.5 Å². The molecule has 0 fully saturated rings. The van der Waals surface area contributed by atoms with Crippen LogP contribution >= 0.6 is 12.4 Å². The smallest absolute Gasteiger partial charge is 0.337 e. The van der Waals surface area contributed by atoms with Crippen LogP contribution in [0.15, 0.2) is 54.9 Å². The van der Waals surface area contributed by atoms with Gasteiger partial charge in [0.25, 0.3) is 0 Å². The van der Waals surface area contributed by atoms with Gasteiger partial charge in [-0.3, -0.25) is 9.97 Å². The van der Waals surface area contributed by atoms with Crippen molar-refractivity contribution in [3.63, 3.8) is 0 Å². The fourth-order valence-electron chi connectivity index (χ4n) is 2.85. The third-order valence-electron chi connectivity index (χ3n) is 4.20. The molecule has 0 saturated carbocycles. The predicted molar refractivity (Wildman–Crippen MR) is 99.8 cm³/mol. The molecule has 0 aliphatic heterocycles. The minimum absolute atomic E-state index is 0. The van der Waals surface area contributed by atoms with Crippen molar-refractivity contribution >= 4 is 23.4 Å². The molecule has 0 spiro atoms. The zero-order valence-electron chi connectivity index (χ0n) is 14.7. The molecule has 0 saturated heterocycles. The lowest BCUT2D eigenvalue weighted by Crippen LogP contribution is -2.08. The first-order valence-corrected chi connectivity index (χ1v) is 8.19. The van der Waals surface area contributed by atoms with Gasteiger partial charge < -0.3 is 4.98 Å². The van der Waals surface area contributed by atoms with Gasteiger partial charge in [-0.2, -0.15) is 26.3 Å². The summed E-state index contributed by atoms with van der Waals surface area (Å²) in [6, 6.07) is 8.02. The van der Waals surface area contributed by atoms with Gasteiger partial charge in [-0.1, -0.05) is 0 Å². The van der Waals surface area contributed by atoms with Gasteiger partial charge in [0.05, 0.1) is 27.9 Å². The van der Waals surface area contributed by atoms with Gasteiger partial charge in [-0.25, -0.2) is 4.98 Å². The molecule has 0 radical (unpaired) electrons. The molecule has 4 rings (SSSR count). The Morgan fingerprint density at radius 2 is 1.60 bits per heavy atom. The van der Waals surface area contributed by atoms with Gasteiger partial charge in [0.15, 0.2) is 5.82 Å². The molecule has 1 aromatic carbocycles. The van der Waals surface area contributed by atoms with Crippen LogP contribution < -0.4 is 0 Å². The Hall–Kier alpha value is -3.14. The molecular formula is C19H11ClF6N4. The van der Waals surface area contributed by atoms with Crippen molar-refractivity contribution in [1.29, 1.82) is 0 Å². The van der Waals surface area contributed by atoms with E-state index in [4.69, 9.17) is 0 Å². The second-order valence-corrected chi connectivity index (χ2v) is 6.14. The molecule has 3 heterocycles. The van der Waals surface area contributed by atoms with Crippen LogP contribution in [0.3, 0.4) is 0 Å². The number of imidazole rings is 1. The highest BCUT2D eigenvalue weighted by molar-refractivity contribution is 5.85. The summed E-state index contributed by atoms with van der Waals surface area (Å²) in [7, 11) is 0. The SMILES string of the molecule is Cl.FC(F)(F)c1ccc2nc(-c3ccc(-c4ncccc4C(F)(F)F)cn3)[nH]c2c1. The van der Waals surface area contributed by atoms with E-state index in [0.29, 0.717) is 5.52 Å². The van der Waals surface area contributed by atoms with E-state index >= 15 is 0 Å². The molecule has 0 atom stereocenters. The third-order valence-corrected chi connectivity index (χ3v) is 4.20. The van der Waals surface area contributed by atoms with E-state index in [1.807, 2.05) is 0 Å². The summed E-state index contributed by atoms with van der Waals surface area (Å²) in [6.07, 6.45) is -6.60. The first-order valence-electron chi connectivity index (χ1n) is 8.19. The number of nitrogens with zero attached hydrogens (tertiary/aromatic N) is 3. The standard InChI is InChI=1S/C19H10F6N4.ClH/c20-18(21,22)11-4-6-13-15(8-11)29-17(28-13)14-5-3-10(9-27-14)16-12(19(23,24)25)2-1-7-26-16;/h1-9H,(H,28,29);1H. The number of aromatic amines is 1. The summed E-state index contributed by atoms with van der Waals surface area (Å²) in [5.74, 6) is 0.197.